The second kappa shape index (κ2) is 3.40. The van der Waals surface area contributed by atoms with Crippen LogP contribution in [0.2, 0.25) is 0 Å². The fourth-order valence-electron chi connectivity index (χ4n) is 0.978. The molecule has 0 aliphatic heterocycles. The molecule has 0 aromatic carbocycles. The van der Waals surface area contributed by atoms with Gasteiger partial charge < -0.3 is 20.2 Å². The number of rotatable bonds is 3. The van der Waals surface area contributed by atoms with Crippen molar-refractivity contribution < 1.29 is 9.85 Å². The number of hydrogen-bond donors (Lipinski definition) is 0. The molecule has 14 heavy (non-hydrogen) atoms. The summed E-state index contributed by atoms with van der Waals surface area (Å²) in [7, 11) is 0. The lowest BCUT2D eigenvalue weighted by Crippen LogP contribution is -2.07. The van der Waals surface area contributed by atoms with Crippen molar-refractivity contribution in [1.82, 2.24) is 9.78 Å². The Labute approximate surface area is 78.4 Å². The molecule has 76 valence electrons. The van der Waals surface area contributed by atoms with Gasteiger partial charge in [-0.05, 0) is 28.4 Å². The van der Waals surface area contributed by atoms with Gasteiger partial charge in [0.25, 0.3) is 0 Å². The molecule has 0 saturated carbocycles. The Morgan fingerprint density at radius 1 is 1.36 bits per heavy atom. The minimum Gasteiger partial charge on any atom is -0.358 e. The topological polar surface area (TPSA) is 104 Å². The van der Waals surface area contributed by atoms with Gasteiger partial charge in [-0.3, -0.25) is 0 Å². The van der Waals surface area contributed by atoms with Crippen LogP contribution in [0.25, 0.3) is 0 Å². The van der Waals surface area contributed by atoms with Gasteiger partial charge in [0.1, 0.15) is 17.2 Å². The fourth-order valence-corrected chi connectivity index (χ4v) is 0.978. The van der Waals surface area contributed by atoms with Crippen LogP contribution in [0.1, 0.15) is 19.9 Å². The van der Waals surface area contributed by atoms with Gasteiger partial charge in [0.05, 0.1) is 0 Å². The highest BCUT2D eigenvalue weighted by Gasteiger charge is 2.29. The largest absolute Gasteiger partial charge is 0.420 e. The van der Waals surface area contributed by atoms with Gasteiger partial charge >= 0.3 is 11.6 Å². The summed E-state index contributed by atoms with van der Waals surface area (Å²) in [6, 6.07) is 0.559. The van der Waals surface area contributed by atoms with Gasteiger partial charge in [-0.2, -0.15) is 0 Å². The van der Waals surface area contributed by atoms with Crippen LogP contribution in [0.15, 0.2) is 6.07 Å². The zero-order valence-corrected chi connectivity index (χ0v) is 7.58. The Morgan fingerprint density at radius 2 is 1.93 bits per heavy atom. The third kappa shape index (κ3) is 1.68. The van der Waals surface area contributed by atoms with Gasteiger partial charge in [0, 0.05) is 0 Å². The molecule has 0 fully saturated rings. The van der Waals surface area contributed by atoms with Crippen LogP contribution in [0.5, 0.6) is 0 Å². The molecule has 0 aliphatic carbocycles. The number of nitrogens with zero attached hydrogens (tertiary/aromatic N) is 4. The normalized spacial score (nSPS) is 10.5. The number of hydrogen-bond acceptors (Lipinski definition) is 5. The minimum absolute atomic E-state index is 0.288. The Balaban J connectivity index is 3.26. The van der Waals surface area contributed by atoms with E-state index in [-0.39, 0.29) is 11.9 Å². The Bertz CT molecular complexity index is 383. The molecule has 0 saturated heterocycles. The van der Waals surface area contributed by atoms with E-state index in [1.807, 2.05) is 0 Å². The lowest BCUT2D eigenvalue weighted by molar-refractivity contribution is -0.395. The summed E-state index contributed by atoms with van der Waals surface area (Å²) in [5, 5.41) is 24.3. The van der Waals surface area contributed by atoms with Gasteiger partial charge in [-0.15, -0.1) is 0 Å². The van der Waals surface area contributed by atoms with E-state index in [0.717, 1.165) is 10.7 Å². The first-order valence-electron chi connectivity index (χ1n) is 3.81. The highest BCUT2D eigenvalue weighted by molar-refractivity contribution is 5.31. The molecule has 8 nitrogen and oxygen atoms in total. The quantitative estimate of drug-likeness (QED) is 0.539. The van der Waals surface area contributed by atoms with E-state index < -0.39 is 15.7 Å². The molecule has 0 unspecified atom stereocenters. The minimum atomic E-state index is -0.758. The van der Waals surface area contributed by atoms with Crippen LogP contribution in [0.4, 0.5) is 11.6 Å². The molecule has 0 spiro atoms. The smallest absolute Gasteiger partial charge is 0.358 e. The second-order valence-electron chi connectivity index (χ2n) is 2.91. The van der Waals surface area contributed by atoms with E-state index in [1.54, 1.807) is 13.8 Å². The molecule has 1 aromatic heterocycles. The van der Waals surface area contributed by atoms with Crippen molar-refractivity contribution in [2.75, 3.05) is 0 Å². The summed E-state index contributed by atoms with van der Waals surface area (Å²) in [6.45, 7) is 3.31. The van der Waals surface area contributed by atoms with Crippen LogP contribution in [-0.4, -0.2) is 19.6 Å². The number of nitro groups is 2. The molecule has 1 heterocycles. The van der Waals surface area contributed by atoms with E-state index in [0.29, 0.717) is 0 Å². The summed E-state index contributed by atoms with van der Waals surface area (Å²) in [5.74, 6) is -0.878. The van der Waals surface area contributed by atoms with Crippen LogP contribution in [0.3, 0.4) is 0 Å². The molecule has 0 N–H and O–H groups in total. The summed E-state index contributed by atoms with van der Waals surface area (Å²) in [5.41, 5.74) is 0. The van der Waals surface area contributed by atoms with Crippen molar-refractivity contribution in [1.29, 1.82) is 0 Å². The molecule has 1 aromatic rings. The molecule has 0 atom stereocenters. The summed E-state index contributed by atoms with van der Waals surface area (Å²) >= 11 is 0. The molecule has 0 amide bonds. The fraction of sp³-hybridized carbons (Fsp3) is 0.500. The first kappa shape index (κ1) is 10.1. The van der Waals surface area contributed by atoms with Crippen molar-refractivity contribution in [3.8, 4) is 0 Å². The number of aromatic nitrogens is 2. The standard InChI is InChI=1S/C6H8N4O4/c1-4(2)8-6(10(13)14)3-5(7-8)9(11)12/h3-4H,1-2H3. The van der Waals surface area contributed by atoms with Crippen LogP contribution < -0.4 is 0 Å². The van der Waals surface area contributed by atoms with E-state index in [9.17, 15) is 20.2 Å². The van der Waals surface area contributed by atoms with E-state index in [2.05, 4.69) is 5.10 Å². The Morgan fingerprint density at radius 3 is 2.21 bits per heavy atom. The first-order chi connectivity index (χ1) is 6.43. The first-order valence-corrected chi connectivity index (χ1v) is 3.81. The van der Waals surface area contributed by atoms with E-state index >= 15 is 0 Å². The maximum absolute atomic E-state index is 10.5. The maximum Gasteiger partial charge on any atom is 0.420 e. The van der Waals surface area contributed by atoms with Crippen LogP contribution in [-0.2, 0) is 0 Å². The van der Waals surface area contributed by atoms with Crippen LogP contribution in [0, 0.1) is 20.2 Å². The van der Waals surface area contributed by atoms with Gasteiger partial charge in [-0.25, -0.2) is 0 Å². The van der Waals surface area contributed by atoms with Crippen LogP contribution >= 0.6 is 0 Å². The van der Waals surface area contributed by atoms with Crippen molar-refractivity contribution in [2.45, 2.75) is 19.9 Å². The van der Waals surface area contributed by atoms with Crippen molar-refractivity contribution in [3.63, 3.8) is 0 Å². The summed E-state index contributed by atoms with van der Waals surface area (Å²) < 4.78 is 1.01. The van der Waals surface area contributed by atoms with E-state index in [1.165, 1.54) is 0 Å². The summed E-state index contributed by atoms with van der Waals surface area (Å²) in [4.78, 5) is 19.4. The average Bonchev–Trinajstić information content (AvgIpc) is 2.47. The van der Waals surface area contributed by atoms with E-state index in [4.69, 9.17) is 0 Å². The monoisotopic (exact) mass is 200 g/mol. The average molecular weight is 200 g/mol. The highest BCUT2D eigenvalue weighted by Crippen LogP contribution is 2.22. The molecule has 0 radical (unpaired) electrons. The van der Waals surface area contributed by atoms with Crippen molar-refractivity contribution in [2.24, 2.45) is 0 Å². The molecule has 0 bridgehead atoms. The maximum atomic E-state index is 10.5. The SMILES string of the molecule is CC(C)n1nc([N+](=O)[O-])cc1[N+](=O)[O-]. The lowest BCUT2D eigenvalue weighted by Gasteiger charge is -1.96. The predicted molar refractivity (Wildman–Crippen MR) is 45.9 cm³/mol. The zero-order valence-electron chi connectivity index (χ0n) is 7.58. The molecule has 8 heteroatoms. The van der Waals surface area contributed by atoms with Gasteiger partial charge in [0.15, 0.2) is 0 Å². The predicted octanol–water partition coefficient (Wildman–Crippen LogP) is 1.28. The van der Waals surface area contributed by atoms with Crippen molar-refractivity contribution >= 4 is 11.6 Å². The van der Waals surface area contributed by atoms with Gasteiger partial charge in [0.2, 0.25) is 0 Å². The molecule has 1 rings (SSSR count). The third-order valence-corrected chi connectivity index (χ3v) is 1.57. The van der Waals surface area contributed by atoms with Crippen molar-refractivity contribution in [3.05, 3.63) is 26.3 Å². The van der Waals surface area contributed by atoms with Gasteiger partial charge in [-0.1, -0.05) is 0 Å². The Kier molecular flexibility index (Phi) is 2.45. The zero-order chi connectivity index (χ0) is 10.9. The molecular formula is C6H8N4O4. The highest BCUT2D eigenvalue weighted by atomic mass is 16.6. The molecular weight excluding hydrogens is 192 g/mol. The molecule has 0 aliphatic rings. The lowest BCUT2D eigenvalue weighted by atomic mass is 10.4. The third-order valence-electron chi connectivity index (χ3n) is 1.57. The second-order valence-corrected chi connectivity index (χ2v) is 2.91. The Hall–Kier alpha value is -1.99. The summed E-state index contributed by atoms with van der Waals surface area (Å²) in [6.07, 6.45) is 0.